The molecule has 0 atom stereocenters. The van der Waals surface area contributed by atoms with Crippen molar-refractivity contribution in [2.45, 2.75) is 12.5 Å². The maximum Gasteiger partial charge on any atom is 0.126 e. The van der Waals surface area contributed by atoms with Gasteiger partial charge in [-0.25, -0.2) is 4.39 Å². The molecule has 2 nitrogen and oxygen atoms in total. The van der Waals surface area contributed by atoms with E-state index in [2.05, 4.69) is 5.32 Å². The number of halogens is 2. The van der Waals surface area contributed by atoms with Crippen LogP contribution in [-0.2, 0) is 5.54 Å². The second-order valence-electron chi connectivity index (χ2n) is 3.84. The van der Waals surface area contributed by atoms with Crippen LogP contribution in [0.1, 0.15) is 11.1 Å². The maximum absolute atomic E-state index is 13.3. The van der Waals surface area contributed by atoms with Crippen molar-refractivity contribution < 1.29 is 4.39 Å². The van der Waals surface area contributed by atoms with Crippen LogP contribution in [0, 0.1) is 12.7 Å². The summed E-state index contributed by atoms with van der Waals surface area (Å²) in [4.78, 5) is 0. The predicted molar refractivity (Wildman–Crippen MR) is 54.9 cm³/mol. The summed E-state index contributed by atoms with van der Waals surface area (Å²) in [6, 6.07) is 3.07. The number of hydrogen-bond donors (Lipinski definition) is 2. The van der Waals surface area contributed by atoms with E-state index in [-0.39, 0.29) is 5.82 Å². The zero-order chi connectivity index (χ0) is 10.3. The third-order valence-electron chi connectivity index (χ3n) is 2.67. The molecule has 3 N–H and O–H groups in total. The minimum Gasteiger partial charge on any atom is -0.319 e. The quantitative estimate of drug-likeness (QED) is 0.745. The SMILES string of the molecule is Cc1cc(Cl)c(C2(N)CNC2)cc1F. The van der Waals surface area contributed by atoms with E-state index in [9.17, 15) is 4.39 Å². The molecule has 14 heavy (non-hydrogen) atoms. The maximum atomic E-state index is 13.3. The molecule has 1 aromatic rings. The summed E-state index contributed by atoms with van der Waals surface area (Å²) < 4.78 is 13.3. The lowest BCUT2D eigenvalue weighted by Gasteiger charge is -2.40. The van der Waals surface area contributed by atoms with Gasteiger partial charge in [-0.3, -0.25) is 0 Å². The van der Waals surface area contributed by atoms with Gasteiger partial charge in [0.2, 0.25) is 0 Å². The van der Waals surface area contributed by atoms with E-state index in [0.29, 0.717) is 29.2 Å². The molecule has 1 aliphatic rings. The fraction of sp³-hybridized carbons (Fsp3) is 0.400. The molecule has 0 bridgehead atoms. The molecule has 0 spiro atoms. The molecular weight excluding hydrogens is 203 g/mol. The Morgan fingerprint density at radius 2 is 2.14 bits per heavy atom. The first-order valence-corrected chi connectivity index (χ1v) is 4.86. The van der Waals surface area contributed by atoms with Crippen LogP contribution in [0.4, 0.5) is 4.39 Å². The van der Waals surface area contributed by atoms with Crippen LogP contribution in [-0.4, -0.2) is 13.1 Å². The molecule has 0 aromatic heterocycles. The van der Waals surface area contributed by atoms with Crippen molar-refractivity contribution in [3.8, 4) is 0 Å². The monoisotopic (exact) mass is 214 g/mol. The Morgan fingerprint density at radius 3 is 2.64 bits per heavy atom. The zero-order valence-corrected chi connectivity index (χ0v) is 8.66. The van der Waals surface area contributed by atoms with Gasteiger partial charge >= 0.3 is 0 Å². The van der Waals surface area contributed by atoms with Crippen LogP contribution >= 0.6 is 11.6 Å². The highest BCUT2D eigenvalue weighted by atomic mass is 35.5. The molecule has 1 aliphatic heterocycles. The first-order valence-electron chi connectivity index (χ1n) is 4.49. The van der Waals surface area contributed by atoms with Crippen LogP contribution in [0.15, 0.2) is 12.1 Å². The van der Waals surface area contributed by atoms with Crippen molar-refractivity contribution in [1.29, 1.82) is 0 Å². The van der Waals surface area contributed by atoms with Gasteiger partial charge in [-0.2, -0.15) is 0 Å². The second kappa shape index (κ2) is 3.19. The molecule has 1 heterocycles. The third-order valence-corrected chi connectivity index (χ3v) is 2.98. The largest absolute Gasteiger partial charge is 0.319 e. The first-order chi connectivity index (χ1) is 6.53. The van der Waals surface area contributed by atoms with Gasteiger partial charge in [0.25, 0.3) is 0 Å². The Balaban J connectivity index is 2.48. The topological polar surface area (TPSA) is 38.0 Å². The lowest BCUT2D eigenvalue weighted by Crippen LogP contribution is -2.62. The lowest BCUT2D eigenvalue weighted by molar-refractivity contribution is 0.286. The molecule has 0 aliphatic carbocycles. The van der Waals surface area contributed by atoms with Crippen molar-refractivity contribution in [3.05, 3.63) is 34.1 Å². The van der Waals surface area contributed by atoms with Crippen molar-refractivity contribution in [2.75, 3.05) is 13.1 Å². The van der Waals surface area contributed by atoms with Gasteiger partial charge in [-0.05, 0) is 30.2 Å². The van der Waals surface area contributed by atoms with Gasteiger partial charge in [0.15, 0.2) is 0 Å². The predicted octanol–water partition coefficient (Wildman–Crippen LogP) is 1.54. The highest BCUT2D eigenvalue weighted by molar-refractivity contribution is 6.31. The normalized spacial score (nSPS) is 19.1. The molecule has 4 heteroatoms. The summed E-state index contributed by atoms with van der Waals surface area (Å²) in [5, 5.41) is 3.60. The number of rotatable bonds is 1. The molecule has 0 saturated carbocycles. The van der Waals surface area contributed by atoms with E-state index in [1.165, 1.54) is 6.07 Å². The molecular formula is C10H12ClFN2. The van der Waals surface area contributed by atoms with Crippen LogP contribution in [0.5, 0.6) is 0 Å². The molecule has 2 rings (SSSR count). The Hall–Kier alpha value is -0.640. The number of benzene rings is 1. The summed E-state index contributed by atoms with van der Waals surface area (Å²) >= 11 is 6.02. The van der Waals surface area contributed by atoms with Crippen molar-refractivity contribution in [2.24, 2.45) is 5.73 Å². The Kier molecular flexibility index (Phi) is 2.26. The van der Waals surface area contributed by atoms with Crippen LogP contribution in [0.25, 0.3) is 0 Å². The Bertz CT molecular complexity index is 375. The average Bonchev–Trinajstić information content (AvgIpc) is 2.07. The van der Waals surface area contributed by atoms with Gasteiger partial charge in [0, 0.05) is 18.1 Å². The molecule has 1 saturated heterocycles. The van der Waals surface area contributed by atoms with Crippen LogP contribution in [0.3, 0.4) is 0 Å². The van der Waals surface area contributed by atoms with Gasteiger partial charge in [-0.1, -0.05) is 11.6 Å². The standard InChI is InChI=1S/C10H12ClFN2/c1-6-2-8(11)7(3-9(6)12)10(13)4-14-5-10/h2-3,14H,4-5,13H2,1H3. The van der Waals surface area contributed by atoms with Crippen molar-refractivity contribution in [3.63, 3.8) is 0 Å². The summed E-state index contributed by atoms with van der Waals surface area (Å²) in [5.41, 5.74) is 6.78. The molecule has 76 valence electrons. The number of hydrogen-bond acceptors (Lipinski definition) is 2. The molecule has 1 aromatic carbocycles. The number of nitrogens with two attached hydrogens (primary N) is 1. The van der Waals surface area contributed by atoms with E-state index in [0.717, 1.165) is 0 Å². The van der Waals surface area contributed by atoms with E-state index < -0.39 is 5.54 Å². The Morgan fingerprint density at radius 1 is 1.50 bits per heavy atom. The molecule has 0 radical (unpaired) electrons. The molecule has 0 amide bonds. The van der Waals surface area contributed by atoms with Crippen molar-refractivity contribution in [1.82, 2.24) is 5.32 Å². The zero-order valence-electron chi connectivity index (χ0n) is 7.90. The summed E-state index contributed by atoms with van der Waals surface area (Å²) in [6.07, 6.45) is 0. The highest BCUT2D eigenvalue weighted by Gasteiger charge is 2.36. The van der Waals surface area contributed by atoms with Crippen molar-refractivity contribution >= 4 is 11.6 Å². The number of nitrogens with one attached hydrogen (secondary N) is 1. The first kappa shape index (κ1) is 9.90. The molecule has 0 unspecified atom stereocenters. The van der Waals surface area contributed by atoms with E-state index in [4.69, 9.17) is 17.3 Å². The summed E-state index contributed by atoms with van der Waals surface area (Å²) in [6.45, 7) is 2.98. The van der Waals surface area contributed by atoms with Gasteiger partial charge in [-0.15, -0.1) is 0 Å². The summed E-state index contributed by atoms with van der Waals surface area (Å²) in [5.74, 6) is -0.249. The second-order valence-corrected chi connectivity index (χ2v) is 4.25. The van der Waals surface area contributed by atoms with Gasteiger partial charge in [0.05, 0.1) is 5.54 Å². The average molecular weight is 215 g/mol. The minimum absolute atomic E-state index is 0.249. The molecule has 1 fully saturated rings. The van der Waals surface area contributed by atoms with E-state index >= 15 is 0 Å². The minimum atomic E-state index is -0.494. The number of aryl methyl sites for hydroxylation is 1. The summed E-state index contributed by atoms with van der Waals surface area (Å²) in [7, 11) is 0. The highest BCUT2D eigenvalue weighted by Crippen LogP contribution is 2.31. The van der Waals surface area contributed by atoms with Crippen LogP contribution in [0.2, 0.25) is 5.02 Å². The third kappa shape index (κ3) is 1.41. The van der Waals surface area contributed by atoms with Gasteiger partial charge in [0.1, 0.15) is 5.82 Å². The smallest absolute Gasteiger partial charge is 0.126 e. The fourth-order valence-electron chi connectivity index (χ4n) is 1.61. The van der Waals surface area contributed by atoms with Crippen LogP contribution < -0.4 is 11.1 Å². The van der Waals surface area contributed by atoms with E-state index in [1.54, 1.807) is 13.0 Å². The Labute approximate surface area is 87.2 Å². The lowest BCUT2D eigenvalue weighted by atomic mass is 9.85. The van der Waals surface area contributed by atoms with Gasteiger partial charge < -0.3 is 11.1 Å². The fourth-order valence-corrected chi connectivity index (χ4v) is 2.02. The van der Waals surface area contributed by atoms with E-state index in [1.807, 2.05) is 0 Å².